The van der Waals surface area contributed by atoms with Crippen molar-refractivity contribution in [1.82, 2.24) is 14.9 Å². The summed E-state index contributed by atoms with van der Waals surface area (Å²) >= 11 is 3.55. The molecule has 0 amide bonds. The molecule has 3 rings (SSSR count). The number of hydrogen-bond donors (Lipinski definition) is 1. The number of nitrogens with one attached hydrogen (secondary N) is 1. The first kappa shape index (κ1) is 13.1. The Labute approximate surface area is 122 Å². The molecular weight excluding hydrogens is 302 g/mol. The Balaban J connectivity index is 1.95. The highest BCUT2D eigenvalue weighted by Gasteiger charge is 2.17. The van der Waals surface area contributed by atoms with Gasteiger partial charge in [-0.25, -0.2) is 4.98 Å². The molecular formula is C15H20BrN3. The quantitative estimate of drug-likeness (QED) is 0.919. The summed E-state index contributed by atoms with van der Waals surface area (Å²) in [6, 6.07) is 4.86. The van der Waals surface area contributed by atoms with Gasteiger partial charge in [-0.1, -0.05) is 22.4 Å². The molecule has 2 aromatic rings. The van der Waals surface area contributed by atoms with E-state index in [2.05, 4.69) is 51.9 Å². The Morgan fingerprint density at radius 1 is 1.42 bits per heavy atom. The molecule has 0 saturated carbocycles. The minimum absolute atomic E-state index is 0.591. The number of imidazole rings is 1. The van der Waals surface area contributed by atoms with Gasteiger partial charge in [0.1, 0.15) is 5.82 Å². The van der Waals surface area contributed by atoms with Crippen molar-refractivity contribution in [2.24, 2.45) is 7.05 Å². The number of benzene rings is 1. The maximum absolute atomic E-state index is 4.82. The summed E-state index contributed by atoms with van der Waals surface area (Å²) in [6.07, 6.45) is 4.95. The Bertz CT molecular complexity index is 597. The lowest BCUT2D eigenvalue weighted by Crippen LogP contribution is -2.36. The number of aryl methyl sites for hydroxylation is 2. The predicted octanol–water partition coefficient (Wildman–Crippen LogP) is 3.33. The number of fused-ring (bicyclic) bond motifs is 1. The van der Waals surface area contributed by atoms with Gasteiger partial charge in [-0.3, -0.25) is 0 Å². The molecule has 0 aliphatic carbocycles. The van der Waals surface area contributed by atoms with Crippen molar-refractivity contribution < 1.29 is 0 Å². The number of piperidine rings is 1. The molecule has 1 aliphatic rings. The molecule has 3 nitrogen and oxygen atoms in total. The van der Waals surface area contributed by atoms with E-state index in [0.717, 1.165) is 23.0 Å². The van der Waals surface area contributed by atoms with Crippen molar-refractivity contribution in [3.05, 3.63) is 28.0 Å². The fourth-order valence-corrected chi connectivity index (χ4v) is 3.64. The van der Waals surface area contributed by atoms with Crippen LogP contribution in [0.2, 0.25) is 0 Å². The van der Waals surface area contributed by atoms with Crippen LogP contribution in [0, 0.1) is 6.92 Å². The van der Waals surface area contributed by atoms with Crippen LogP contribution in [0.15, 0.2) is 16.6 Å². The van der Waals surface area contributed by atoms with E-state index in [1.54, 1.807) is 0 Å². The SMILES string of the molecule is Cc1cc(Br)cc2nc(CC3CCCCN3)n(C)c12. The molecule has 4 heteroatoms. The third-order valence-electron chi connectivity index (χ3n) is 4.06. The van der Waals surface area contributed by atoms with Crippen LogP contribution < -0.4 is 5.32 Å². The molecule has 1 N–H and O–H groups in total. The van der Waals surface area contributed by atoms with Gasteiger partial charge < -0.3 is 9.88 Å². The molecule has 1 fully saturated rings. The van der Waals surface area contributed by atoms with E-state index < -0.39 is 0 Å². The Kier molecular flexibility index (Phi) is 3.63. The second kappa shape index (κ2) is 5.25. The van der Waals surface area contributed by atoms with Crippen LogP contribution in [0.3, 0.4) is 0 Å². The monoisotopic (exact) mass is 321 g/mol. The smallest absolute Gasteiger partial charge is 0.111 e. The summed E-state index contributed by atoms with van der Waals surface area (Å²) in [5, 5.41) is 3.60. The van der Waals surface area contributed by atoms with Crippen molar-refractivity contribution in [2.75, 3.05) is 6.54 Å². The first-order chi connectivity index (χ1) is 9.15. The zero-order valence-corrected chi connectivity index (χ0v) is 13.1. The van der Waals surface area contributed by atoms with E-state index in [-0.39, 0.29) is 0 Å². The van der Waals surface area contributed by atoms with Crippen molar-refractivity contribution in [3.63, 3.8) is 0 Å². The Hall–Kier alpha value is -0.870. The van der Waals surface area contributed by atoms with Gasteiger partial charge in [-0.15, -0.1) is 0 Å². The second-order valence-electron chi connectivity index (χ2n) is 5.53. The van der Waals surface area contributed by atoms with Crippen LogP contribution in [0.25, 0.3) is 11.0 Å². The average Bonchev–Trinajstić information content (AvgIpc) is 2.67. The van der Waals surface area contributed by atoms with Crippen molar-refractivity contribution in [1.29, 1.82) is 0 Å². The maximum atomic E-state index is 4.82. The van der Waals surface area contributed by atoms with Crippen molar-refractivity contribution in [3.8, 4) is 0 Å². The second-order valence-corrected chi connectivity index (χ2v) is 6.44. The Morgan fingerprint density at radius 2 is 2.26 bits per heavy atom. The third-order valence-corrected chi connectivity index (χ3v) is 4.52. The van der Waals surface area contributed by atoms with E-state index >= 15 is 0 Å². The zero-order chi connectivity index (χ0) is 13.4. The highest BCUT2D eigenvalue weighted by atomic mass is 79.9. The van der Waals surface area contributed by atoms with Gasteiger partial charge >= 0.3 is 0 Å². The molecule has 1 aromatic carbocycles. The standard InChI is InChI=1S/C15H20BrN3/c1-10-7-11(16)8-13-15(10)19(2)14(18-13)9-12-5-3-4-6-17-12/h7-8,12,17H,3-6,9H2,1-2H3. The highest BCUT2D eigenvalue weighted by molar-refractivity contribution is 9.10. The average molecular weight is 322 g/mol. The topological polar surface area (TPSA) is 29.9 Å². The number of hydrogen-bond acceptors (Lipinski definition) is 2. The number of aromatic nitrogens is 2. The molecule has 19 heavy (non-hydrogen) atoms. The lowest BCUT2D eigenvalue weighted by atomic mass is 10.0. The van der Waals surface area contributed by atoms with Gasteiger partial charge in [0, 0.05) is 24.0 Å². The van der Waals surface area contributed by atoms with Crippen LogP contribution in [-0.2, 0) is 13.5 Å². The van der Waals surface area contributed by atoms with E-state index in [1.807, 2.05) is 0 Å². The lowest BCUT2D eigenvalue weighted by molar-refractivity contribution is 0.392. The lowest BCUT2D eigenvalue weighted by Gasteiger charge is -2.23. The summed E-state index contributed by atoms with van der Waals surface area (Å²) < 4.78 is 3.37. The van der Waals surface area contributed by atoms with Gasteiger partial charge in [0.05, 0.1) is 11.0 Å². The summed E-state index contributed by atoms with van der Waals surface area (Å²) in [5.41, 5.74) is 3.64. The Morgan fingerprint density at radius 3 is 3.00 bits per heavy atom. The molecule has 1 saturated heterocycles. The van der Waals surface area contributed by atoms with E-state index in [1.165, 1.54) is 36.2 Å². The fourth-order valence-electron chi connectivity index (χ4n) is 3.08. The highest BCUT2D eigenvalue weighted by Crippen LogP contribution is 2.25. The van der Waals surface area contributed by atoms with E-state index in [4.69, 9.17) is 4.98 Å². The molecule has 1 atom stereocenters. The van der Waals surface area contributed by atoms with Crippen LogP contribution in [0.5, 0.6) is 0 Å². The first-order valence-corrected chi connectivity index (χ1v) is 7.79. The van der Waals surface area contributed by atoms with Crippen LogP contribution in [0.1, 0.15) is 30.7 Å². The van der Waals surface area contributed by atoms with E-state index in [0.29, 0.717) is 6.04 Å². The zero-order valence-electron chi connectivity index (χ0n) is 11.5. The molecule has 0 bridgehead atoms. The molecule has 1 aliphatic heterocycles. The van der Waals surface area contributed by atoms with Crippen LogP contribution in [-0.4, -0.2) is 22.1 Å². The van der Waals surface area contributed by atoms with Gasteiger partial charge in [0.15, 0.2) is 0 Å². The summed E-state index contributed by atoms with van der Waals surface area (Å²) in [6.45, 7) is 3.30. The van der Waals surface area contributed by atoms with Crippen LogP contribution in [0.4, 0.5) is 0 Å². The number of halogens is 1. The van der Waals surface area contributed by atoms with E-state index in [9.17, 15) is 0 Å². The summed E-state index contributed by atoms with van der Waals surface area (Å²) in [4.78, 5) is 4.82. The molecule has 1 aromatic heterocycles. The third kappa shape index (κ3) is 2.56. The largest absolute Gasteiger partial charge is 0.331 e. The minimum atomic E-state index is 0.591. The van der Waals surface area contributed by atoms with Gasteiger partial charge in [0.25, 0.3) is 0 Å². The van der Waals surface area contributed by atoms with Gasteiger partial charge in [-0.2, -0.15) is 0 Å². The van der Waals surface area contributed by atoms with Crippen molar-refractivity contribution >= 4 is 27.0 Å². The van der Waals surface area contributed by atoms with Gasteiger partial charge in [-0.05, 0) is 44.0 Å². The van der Waals surface area contributed by atoms with Crippen molar-refractivity contribution in [2.45, 2.75) is 38.6 Å². The molecule has 0 spiro atoms. The summed E-state index contributed by atoms with van der Waals surface area (Å²) in [5.74, 6) is 1.19. The molecule has 0 radical (unpaired) electrons. The fraction of sp³-hybridized carbons (Fsp3) is 0.533. The summed E-state index contributed by atoms with van der Waals surface area (Å²) in [7, 11) is 2.13. The van der Waals surface area contributed by atoms with Crippen LogP contribution >= 0.6 is 15.9 Å². The van der Waals surface area contributed by atoms with Gasteiger partial charge in [0.2, 0.25) is 0 Å². The predicted molar refractivity (Wildman–Crippen MR) is 82.5 cm³/mol. The number of nitrogens with zero attached hydrogens (tertiary/aromatic N) is 2. The minimum Gasteiger partial charge on any atom is -0.331 e. The first-order valence-electron chi connectivity index (χ1n) is 7.00. The normalized spacial score (nSPS) is 20.1. The molecule has 1 unspecified atom stereocenters. The molecule has 2 heterocycles. The molecule has 102 valence electrons. The number of rotatable bonds is 2. The maximum Gasteiger partial charge on any atom is 0.111 e.